The molecule has 1 heterocycles. The Hall–Kier alpha value is -2.08. The van der Waals surface area contributed by atoms with Crippen molar-refractivity contribution in [3.8, 4) is 0 Å². The van der Waals surface area contributed by atoms with E-state index in [4.69, 9.17) is 5.11 Å². The summed E-state index contributed by atoms with van der Waals surface area (Å²) >= 11 is 0. The van der Waals surface area contributed by atoms with Crippen LogP contribution in [0.4, 0.5) is 10.5 Å². The van der Waals surface area contributed by atoms with Crippen LogP contribution in [0.3, 0.4) is 0 Å². The lowest BCUT2D eigenvalue weighted by Crippen LogP contribution is -2.33. The van der Waals surface area contributed by atoms with Gasteiger partial charge in [-0.1, -0.05) is 12.1 Å². The summed E-state index contributed by atoms with van der Waals surface area (Å²) < 4.78 is 0. The third-order valence-corrected chi connectivity index (χ3v) is 3.38. The van der Waals surface area contributed by atoms with E-state index < -0.39 is 11.9 Å². The van der Waals surface area contributed by atoms with E-state index in [1.807, 2.05) is 31.3 Å². The Morgan fingerprint density at radius 3 is 2.90 bits per heavy atom. The Morgan fingerprint density at radius 1 is 1.45 bits per heavy atom. The zero-order valence-corrected chi connectivity index (χ0v) is 11.4. The fraction of sp³-hybridized carbons (Fsp3) is 0.429. The van der Waals surface area contributed by atoms with Crippen LogP contribution in [0.25, 0.3) is 0 Å². The Bertz CT molecular complexity index is 504. The average molecular weight is 277 g/mol. The molecule has 0 spiro atoms. The highest BCUT2D eigenvalue weighted by molar-refractivity contribution is 5.90. The zero-order chi connectivity index (χ0) is 14.5. The van der Waals surface area contributed by atoms with E-state index in [2.05, 4.69) is 10.6 Å². The van der Waals surface area contributed by atoms with Crippen molar-refractivity contribution in [1.29, 1.82) is 0 Å². The standard InChI is InChI=1S/C14H19N3O3/c1-15-8-10-3-2-4-12(7-10)16-14(20)17-6-5-11(9-17)13(18)19/h2-4,7,11,15H,5-6,8-9H2,1H3,(H,16,20)(H,18,19). The average Bonchev–Trinajstić information content (AvgIpc) is 2.89. The minimum Gasteiger partial charge on any atom is -0.481 e. The number of benzene rings is 1. The van der Waals surface area contributed by atoms with Crippen LogP contribution >= 0.6 is 0 Å². The van der Waals surface area contributed by atoms with Crippen molar-refractivity contribution in [2.45, 2.75) is 13.0 Å². The number of carboxylic acid groups (broad SMARTS) is 1. The van der Waals surface area contributed by atoms with Gasteiger partial charge in [0.15, 0.2) is 0 Å². The molecular weight excluding hydrogens is 258 g/mol. The fourth-order valence-electron chi connectivity index (χ4n) is 2.31. The van der Waals surface area contributed by atoms with Crippen LogP contribution in [0.5, 0.6) is 0 Å². The van der Waals surface area contributed by atoms with Crippen LogP contribution < -0.4 is 10.6 Å². The summed E-state index contributed by atoms with van der Waals surface area (Å²) in [6.45, 7) is 1.49. The summed E-state index contributed by atoms with van der Waals surface area (Å²) in [5.41, 5.74) is 1.80. The third kappa shape index (κ3) is 3.48. The molecule has 0 bridgehead atoms. The number of rotatable bonds is 4. The lowest BCUT2D eigenvalue weighted by Gasteiger charge is -2.17. The molecule has 0 saturated carbocycles. The van der Waals surface area contributed by atoms with E-state index in [0.29, 0.717) is 13.0 Å². The number of carboxylic acids is 1. The molecule has 0 aromatic heterocycles. The molecule has 108 valence electrons. The van der Waals surface area contributed by atoms with Gasteiger partial charge in [-0.3, -0.25) is 4.79 Å². The maximum absolute atomic E-state index is 12.1. The second-order valence-electron chi connectivity index (χ2n) is 4.93. The molecule has 6 nitrogen and oxygen atoms in total. The maximum atomic E-state index is 12.1. The molecule has 3 N–H and O–H groups in total. The molecule has 1 atom stereocenters. The Morgan fingerprint density at radius 2 is 2.25 bits per heavy atom. The van der Waals surface area contributed by atoms with Gasteiger partial charge in [0.25, 0.3) is 0 Å². The number of nitrogens with one attached hydrogen (secondary N) is 2. The largest absolute Gasteiger partial charge is 0.481 e. The maximum Gasteiger partial charge on any atom is 0.321 e. The number of likely N-dealkylation sites (tertiary alicyclic amines) is 1. The normalized spacial score (nSPS) is 18.1. The van der Waals surface area contributed by atoms with Crippen LogP contribution in [0.1, 0.15) is 12.0 Å². The first-order valence-electron chi connectivity index (χ1n) is 6.62. The summed E-state index contributed by atoms with van der Waals surface area (Å²) in [6.07, 6.45) is 0.516. The van der Waals surface area contributed by atoms with Crippen molar-refractivity contribution in [3.05, 3.63) is 29.8 Å². The predicted molar refractivity (Wildman–Crippen MR) is 75.5 cm³/mol. The van der Waals surface area contributed by atoms with E-state index in [9.17, 15) is 9.59 Å². The second kappa shape index (κ2) is 6.38. The van der Waals surface area contributed by atoms with Crippen molar-refractivity contribution in [2.24, 2.45) is 5.92 Å². The molecule has 1 fully saturated rings. The van der Waals surface area contributed by atoms with Crippen molar-refractivity contribution in [2.75, 3.05) is 25.5 Å². The number of carbonyl (C=O) groups is 2. The van der Waals surface area contributed by atoms with E-state index in [0.717, 1.165) is 17.8 Å². The summed E-state index contributed by atoms with van der Waals surface area (Å²) in [6, 6.07) is 7.34. The molecule has 0 aliphatic carbocycles. The molecule has 1 aliphatic heterocycles. The number of anilines is 1. The molecule has 0 radical (unpaired) electrons. The van der Waals surface area contributed by atoms with Gasteiger partial charge < -0.3 is 20.6 Å². The van der Waals surface area contributed by atoms with E-state index in [1.54, 1.807) is 4.90 Å². The van der Waals surface area contributed by atoms with Gasteiger partial charge in [0.2, 0.25) is 0 Å². The topological polar surface area (TPSA) is 81.7 Å². The minimum absolute atomic E-state index is 0.240. The first-order valence-corrected chi connectivity index (χ1v) is 6.62. The lowest BCUT2D eigenvalue weighted by atomic mass is 10.1. The van der Waals surface area contributed by atoms with Crippen molar-refractivity contribution in [1.82, 2.24) is 10.2 Å². The molecule has 1 aliphatic rings. The number of nitrogens with zero attached hydrogens (tertiary/aromatic N) is 1. The Balaban J connectivity index is 1.95. The SMILES string of the molecule is CNCc1cccc(NC(=O)N2CCC(C(=O)O)C2)c1. The van der Waals surface area contributed by atoms with Crippen LogP contribution in [-0.4, -0.2) is 42.1 Å². The van der Waals surface area contributed by atoms with Crippen LogP contribution in [0.2, 0.25) is 0 Å². The highest BCUT2D eigenvalue weighted by Gasteiger charge is 2.30. The number of hydrogen-bond acceptors (Lipinski definition) is 3. The van der Waals surface area contributed by atoms with Crippen molar-refractivity contribution in [3.63, 3.8) is 0 Å². The van der Waals surface area contributed by atoms with Gasteiger partial charge in [-0.05, 0) is 31.2 Å². The quantitative estimate of drug-likeness (QED) is 0.776. The van der Waals surface area contributed by atoms with Gasteiger partial charge in [0, 0.05) is 25.3 Å². The number of hydrogen-bond donors (Lipinski definition) is 3. The van der Waals surface area contributed by atoms with Crippen LogP contribution in [0.15, 0.2) is 24.3 Å². The van der Waals surface area contributed by atoms with E-state index >= 15 is 0 Å². The summed E-state index contributed by atoms with van der Waals surface area (Å²) in [7, 11) is 1.86. The summed E-state index contributed by atoms with van der Waals surface area (Å²) in [5, 5.41) is 14.8. The third-order valence-electron chi connectivity index (χ3n) is 3.38. The first-order chi connectivity index (χ1) is 9.60. The first kappa shape index (κ1) is 14.3. The minimum atomic E-state index is -0.837. The van der Waals surface area contributed by atoms with E-state index in [-0.39, 0.29) is 12.6 Å². The van der Waals surface area contributed by atoms with Crippen LogP contribution in [0, 0.1) is 5.92 Å². The smallest absolute Gasteiger partial charge is 0.321 e. The van der Waals surface area contributed by atoms with Gasteiger partial charge >= 0.3 is 12.0 Å². The summed E-state index contributed by atoms with van der Waals surface area (Å²) in [4.78, 5) is 24.5. The van der Waals surface area contributed by atoms with Gasteiger partial charge in [0.1, 0.15) is 0 Å². The molecule has 1 saturated heterocycles. The molecule has 20 heavy (non-hydrogen) atoms. The molecule has 1 aromatic rings. The fourth-order valence-corrected chi connectivity index (χ4v) is 2.31. The molecule has 2 rings (SSSR count). The number of aliphatic carboxylic acids is 1. The molecule has 1 unspecified atom stereocenters. The number of amides is 2. The van der Waals surface area contributed by atoms with Gasteiger partial charge in [-0.15, -0.1) is 0 Å². The molecule has 1 aromatic carbocycles. The molecule has 6 heteroatoms. The lowest BCUT2D eigenvalue weighted by molar-refractivity contribution is -0.141. The van der Waals surface area contributed by atoms with Crippen molar-refractivity contribution >= 4 is 17.7 Å². The van der Waals surface area contributed by atoms with Gasteiger partial charge in [-0.2, -0.15) is 0 Å². The zero-order valence-electron chi connectivity index (χ0n) is 11.4. The van der Waals surface area contributed by atoms with Gasteiger partial charge in [0.05, 0.1) is 5.92 Å². The Kier molecular flexibility index (Phi) is 4.57. The van der Waals surface area contributed by atoms with E-state index in [1.165, 1.54) is 0 Å². The molecular formula is C14H19N3O3. The predicted octanol–water partition coefficient (Wildman–Crippen LogP) is 1.34. The molecule has 2 amide bonds. The highest BCUT2D eigenvalue weighted by Crippen LogP contribution is 2.18. The number of urea groups is 1. The number of carbonyl (C=O) groups excluding carboxylic acids is 1. The summed E-state index contributed by atoms with van der Waals surface area (Å²) in [5.74, 6) is -1.28. The Labute approximate surface area is 117 Å². The van der Waals surface area contributed by atoms with Crippen molar-refractivity contribution < 1.29 is 14.7 Å². The monoisotopic (exact) mass is 277 g/mol. The highest BCUT2D eigenvalue weighted by atomic mass is 16.4. The van der Waals surface area contributed by atoms with Gasteiger partial charge in [-0.25, -0.2) is 4.79 Å². The second-order valence-corrected chi connectivity index (χ2v) is 4.93. The van der Waals surface area contributed by atoms with Crippen LogP contribution in [-0.2, 0) is 11.3 Å².